The van der Waals surface area contributed by atoms with Gasteiger partial charge in [0.15, 0.2) is 0 Å². The Labute approximate surface area is 94.3 Å². The summed E-state index contributed by atoms with van der Waals surface area (Å²) in [5.41, 5.74) is 0. The monoisotopic (exact) mass is 223 g/mol. The van der Waals surface area contributed by atoms with Gasteiger partial charge in [0.1, 0.15) is 10.6 Å². The fourth-order valence-electron chi connectivity index (χ4n) is 1.33. The molecule has 0 fully saturated rings. The molecule has 0 aliphatic carbocycles. The summed E-state index contributed by atoms with van der Waals surface area (Å²) in [6.07, 6.45) is 1.53. The molecule has 0 saturated carbocycles. The molecule has 1 aromatic rings. The summed E-state index contributed by atoms with van der Waals surface area (Å²) in [4.78, 5) is 0.820. The third kappa shape index (κ3) is 2.97. The van der Waals surface area contributed by atoms with Crippen LogP contribution in [0.2, 0.25) is 0 Å². The van der Waals surface area contributed by atoms with Gasteiger partial charge in [-0.2, -0.15) is 5.26 Å². The highest BCUT2D eigenvalue weighted by Crippen LogP contribution is 2.37. The minimum Gasteiger partial charge on any atom is -0.207 e. The van der Waals surface area contributed by atoms with E-state index in [0.717, 1.165) is 17.7 Å². The molecular formula is C12H14FNS. The Kier molecular flexibility index (Phi) is 4.16. The van der Waals surface area contributed by atoms with Crippen LogP contribution in [0.15, 0.2) is 29.2 Å². The highest BCUT2D eigenvalue weighted by Gasteiger charge is 2.27. The first kappa shape index (κ1) is 12.1. The average molecular weight is 223 g/mol. The lowest BCUT2D eigenvalue weighted by molar-refractivity contribution is 0.623. The molecule has 0 radical (unpaired) electrons. The van der Waals surface area contributed by atoms with Gasteiger partial charge < -0.3 is 0 Å². The van der Waals surface area contributed by atoms with Gasteiger partial charge in [0.25, 0.3) is 0 Å². The van der Waals surface area contributed by atoms with Crippen molar-refractivity contribution >= 4 is 11.8 Å². The lowest BCUT2D eigenvalue weighted by atomic mass is 10.1. The van der Waals surface area contributed by atoms with Crippen molar-refractivity contribution in [3.05, 3.63) is 30.1 Å². The van der Waals surface area contributed by atoms with Crippen LogP contribution >= 0.6 is 11.8 Å². The van der Waals surface area contributed by atoms with Gasteiger partial charge in [0, 0.05) is 4.90 Å². The quantitative estimate of drug-likeness (QED) is 0.720. The zero-order valence-corrected chi connectivity index (χ0v) is 9.77. The van der Waals surface area contributed by atoms with Gasteiger partial charge in [0.2, 0.25) is 0 Å². The Hall–Kier alpha value is -1.01. The summed E-state index contributed by atoms with van der Waals surface area (Å²) in [5.74, 6) is -0.251. The van der Waals surface area contributed by atoms with E-state index in [2.05, 4.69) is 6.07 Å². The van der Waals surface area contributed by atoms with Crippen molar-refractivity contribution in [1.82, 2.24) is 0 Å². The first-order valence-corrected chi connectivity index (χ1v) is 5.83. The van der Waals surface area contributed by atoms with E-state index in [1.54, 1.807) is 6.07 Å². The summed E-state index contributed by atoms with van der Waals surface area (Å²) in [6, 6.07) is 8.72. The molecule has 0 atom stereocenters. The number of benzene rings is 1. The molecule has 0 N–H and O–H groups in total. The Morgan fingerprint density at radius 3 is 2.53 bits per heavy atom. The maximum Gasteiger partial charge on any atom is 0.124 e. The molecule has 0 spiro atoms. The van der Waals surface area contributed by atoms with E-state index >= 15 is 0 Å². The number of thioether (sulfide) groups is 1. The highest BCUT2D eigenvalue weighted by atomic mass is 32.2. The standard InChI is InChI=1S/C12H14FNS/c1-3-12(4-2,9-14)15-11-7-5-6-10(13)8-11/h5-8H,3-4H2,1-2H3. The van der Waals surface area contributed by atoms with Gasteiger partial charge in [0.05, 0.1) is 6.07 Å². The van der Waals surface area contributed by atoms with Crippen LogP contribution in [0, 0.1) is 17.1 Å². The van der Waals surface area contributed by atoms with Gasteiger partial charge in [-0.15, -0.1) is 11.8 Å². The van der Waals surface area contributed by atoms with Crippen LogP contribution in [-0.4, -0.2) is 4.75 Å². The number of hydrogen-bond donors (Lipinski definition) is 0. The van der Waals surface area contributed by atoms with Crippen LogP contribution in [0.5, 0.6) is 0 Å². The van der Waals surface area contributed by atoms with E-state index in [4.69, 9.17) is 5.26 Å². The number of halogens is 1. The molecule has 1 nitrogen and oxygen atoms in total. The number of hydrogen-bond acceptors (Lipinski definition) is 2. The van der Waals surface area contributed by atoms with Crippen molar-refractivity contribution in [2.24, 2.45) is 0 Å². The predicted octanol–water partition coefficient (Wildman–Crippen LogP) is 4.00. The largest absolute Gasteiger partial charge is 0.207 e. The van der Waals surface area contributed by atoms with Crippen molar-refractivity contribution in [2.45, 2.75) is 36.3 Å². The summed E-state index contributed by atoms with van der Waals surface area (Å²) >= 11 is 1.45. The van der Waals surface area contributed by atoms with Crippen LogP contribution < -0.4 is 0 Å². The third-order valence-corrected chi connectivity index (χ3v) is 4.00. The van der Waals surface area contributed by atoms with Crippen LogP contribution in [0.1, 0.15) is 26.7 Å². The number of nitrogens with zero attached hydrogens (tertiary/aromatic N) is 1. The molecule has 0 unspecified atom stereocenters. The molecule has 1 rings (SSSR count). The first-order chi connectivity index (χ1) is 7.15. The van der Waals surface area contributed by atoms with Crippen molar-refractivity contribution in [1.29, 1.82) is 5.26 Å². The van der Waals surface area contributed by atoms with Crippen LogP contribution in [0.3, 0.4) is 0 Å². The van der Waals surface area contributed by atoms with Gasteiger partial charge >= 0.3 is 0 Å². The van der Waals surface area contributed by atoms with Crippen LogP contribution in [-0.2, 0) is 0 Å². The predicted molar refractivity (Wildman–Crippen MR) is 61.2 cm³/mol. The molecule has 0 saturated heterocycles. The normalized spacial score (nSPS) is 11.1. The van der Waals surface area contributed by atoms with Gasteiger partial charge in [-0.1, -0.05) is 19.9 Å². The summed E-state index contributed by atoms with van der Waals surface area (Å²) < 4.78 is 12.5. The van der Waals surface area contributed by atoms with E-state index in [-0.39, 0.29) is 5.82 Å². The average Bonchev–Trinajstić information content (AvgIpc) is 2.26. The summed E-state index contributed by atoms with van der Waals surface area (Å²) in [5, 5.41) is 9.14. The minimum atomic E-state index is -0.423. The summed E-state index contributed by atoms with van der Waals surface area (Å²) in [6.45, 7) is 3.97. The zero-order valence-electron chi connectivity index (χ0n) is 8.96. The molecule has 15 heavy (non-hydrogen) atoms. The lowest BCUT2D eigenvalue weighted by Gasteiger charge is -2.22. The third-order valence-electron chi connectivity index (χ3n) is 2.46. The van der Waals surface area contributed by atoms with Gasteiger partial charge in [-0.05, 0) is 31.0 Å². The Balaban J connectivity index is 2.89. The molecule has 3 heteroatoms. The topological polar surface area (TPSA) is 23.8 Å². The van der Waals surface area contributed by atoms with Crippen LogP contribution in [0.25, 0.3) is 0 Å². The van der Waals surface area contributed by atoms with Gasteiger partial charge in [-0.3, -0.25) is 0 Å². The molecule has 0 aliphatic rings. The molecule has 0 aromatic heterocycles. The van der Waals surface area contributed by atoms with Crippen molar-refractivity contribution in [2.75, 3.05) is 0 Å². The smallest absolute Gasteiger partial charge is 0.124 e. The molecule has 0 bridgehead atoms. The molecule has 0 aliphatic heterocycles. The van der Waals surface area contributed by atoms with E-state index in [0.29, 0.717) is 0 Å². The lowest BCUT2D eigenvalue weighted by Crippen LogP contribution is -2.19. The second kappa shape index (κ2) is 5.18. The number of nitriles is 1. The van der Waals surface area contributed by atoms with E-state index in [1.165, 1.54) is 23.9 Å². The van der Waals surface area contributed by atoms with Crippen molar-refractivity contribution < 1.29 is 4.39 Å². The maximum absolute atomic E-state index is 13.0. The van der Waals surface area contributed by atoms with Crippen molar-refractivity contribution in [3.8, 4) is 6.07 Å². The molecule has 0 amide bonds. The van der Waals surface area contributed by atoms with E-state index in [1.807, 2.05) is 19.9 Å². The second-order valence-corrected chi connectivity index (χ2v) is 4.83. The molecule has 1 aromatic carbocycles. The van der Waals surface area contributed by atoms with Crippen LogP contribution in [0.4, 0.5) is 4.39 Å². The zero-order chi connectivity index (χ0) is 11.3. The second-order valence-electron chi connectivity index (χ2n) is 3.37. The number of rotatable bonds is 4. The fraction of sp³-hybridized carbons (Fsp3) is 0.417. The maximum atomic E-state index is 13.0. The Morgan fingerprint density at radius 2 is 2.07 bits per heavy atom. The minimum absolute atomic E-state index is 0.251. The fourth-order valence-corrected chi connectivity index (χ4v) is 2.43. The van der Waals surface area contributed by atoms with E-state index in [9.17, 15) is 4.39 Å². The highest BCUT2D eigenvalue weighted by molar-refractivity contribution is 8.01. The molecular weight excluding hydrogens is 209 g/mol. The van der Waals surface area contributed by atoms with E-state index < -0.39 is 4.75 Å². The molecule has 0 heterocycles. The summed E-state index contributed by atoms with van der Waals surface area (Å²) in [7, 11) is 0. The molecule has 80 valence electrons. The van der Waals surface area contributed by atoms with Gasteiger partial charge in [-0.25, -0.2) is 4.39 Å². The SMILES string of the molecule is CCC(C#N)(CC)Sc1cccc(F)c1. The Bertz CT molecular complexity index is 366. The first-order valence-electron chi connectivity index (χ1n) is 5.01. The van der Waals surface area contributed by atoms with Crippen molar-refractivity contribution in [3.63, 3.8) is 0 Å². The Morgan fingerprint density at radius 1 is 1.40 bits per heavy atom.